The molecular formula is C13H30N3O5P. The smallest absolute Gasteiger partial charge is 0.217 e. The van der Waals surface area contributed by atoms with E-state index in [1.54, 1.807) is 0 Å². The van der Waals surface area contributed by atoms with Crippen molar-refractivity contribution in [3.8, 4) is 0 Å². The zero-order valence-electron chi connectivity index (χ0n) is 14.0. The van der Waals surface area contributed by atoms with Crippen molar-refractivity contribution in [2.75, 3.05) is 0 Å². The molecule has 132 valence electrons. The van der Waals surface area contributed by atoms with Gasteiger partial charge in [0.25, 0.3) is 0 Å². The number of quaternary nitrogens is 2. The number of rotatable bonds is 5. The highest BCUT2D eigenvalue weighted by molar-refractivity contribution is 7.53. The van der Waals surface area contributed by atoms with Crippen molar-refractivity contribution in [2.45, 2.75) is 52.2 Å². The third-order valence-electron chi connectivity index (χ3n) is 3.52. The number of aliphatic hydroxyl groups excluding tert-OH is 1. The van der Waals surface area contributed by atoms with Gasteiger partial charge in [0.2, 0.25) is 5.91 Å². The third kappa shape index (κ3) is 7.00. The molecule has 1 aliphatic rings. The predicted molar refractivity (Wildman–Crippen MR) is 83.4 cm³/mol. The van der Waals surface area contributed by atoms with Crippen LogP contribution in [0.3, 0.4) is 0 Å². The zero-order chi connectivity index (χ0) is 15.5. The highest BCUT2D eigenvalue weighted by atomic mass is 31.2. The van der Waals surface area contributed by atoms with Gasteiger partial charge in [0.15, 0.2) is 0 Å². The molecule has 0 bridgehead atoms. The monoisotopic (exact) mass is 339 g/mol. The summed E-state index contributed by atoms with van der Waals surface area (Å²) in [6, 6.07) is -0.224. The van der Waals surface area contributed by atoms with Crippen molar-refractivity contribution in [2.24, 2.45) is 11.8 Å². The fraction of sp³-hybridized carbons (Fsp3) is 0.769. The van der Waals surface area contributed by atoms with Gasteiger partial charge in [-0.05, 0) is 38.1 Å². The SMILES string of the molecule is CC(=O)N[C@@H](CC(C)C)[C@H]1CC=C(P(=O)([O-])[O-])C[C@H]1O.[NH4+].[NH4+]. The number of amides is 1. The number of nitrogens with one attached hydrogen (secondary N) is 1. The summed E-state index contributed by atoms with van der Waals surface area (Å²) in [6.45, 7) is 5.43. The van der Waals surface area contributed by atoms with Crippen LogP contribution in [0.4, 0.5) is 0 Å². The van der Waals surface area contributed by atoms with E-state index in [9.17, 15) is 24.3 Å². The van der Waals surface area contributed by atoms with Gasteiger partial charge in [0.05, 0.1) is 6.10 Å². The molecule has 0 spiro atoms. The maximum Gasteiger partial charge on any atom is 0.217 e. The lowest BCUT2D eigenvalue weighted by atomic mass is 9.81. The van der Waals surface area contributed by atoms with E-state index >= 15 is 0 Å². The van der Waals surface area contributed by atoms with Crippen LogP contribution in [0.1, 0.15) is 40.0 Å². The van der Waals surface area contributed by atoms with Gasteiger partial charge in [-0.1, -0.05) is 19.9 Å². The van der Waals surface area contributed by atoms with Crippen LogP contribution in [0.5, 0.6) is 0 Å². The van der Waals surface area contributed by atoms with Gasteiger partial charge in [0, 0.05) is 18.9 Å². The summed E-state index contributed by atoms with van der Waals surface area (Å²) in [4.78, 5) is 33.2. The number of allylic oxidation sites excluding steroid dienone is 1. The molecule has 10 N–H and O–H groups in total. The first-order valence-electron chi connectivity index (χ1n) is 6.78. The van der Waals surface area contributed by atoms with E-state index in [2.05, 4.69) is 5.32 Å². The van der Waals surface area contributed by atoms with Crippen LogP contribution >= 0.6 is 7.60 Å². The van der Waals surface area contributed by atoms with E-state index < -0.39 is 13.7 Å². The normalized spacial score (nSPS) is 23.0. The first-order valence-corrected chi connectivity index (χ1v) is 8.32. The van der Waals surface area contributed by atoms with Gasteiger partial charge in [-0.3, -0.25) is 4.79 Å². The summed E-state index contributed by atoms with van der Waals surface area (Å²) >= 11 is 0. The zero-order valence-corrected chi connectivity index (χ0v) is 14.9. The lowest BCUT2D eigenvalue weighted by Crippen LogP contribution is -2.46. The van der Waals surface area contributed by atoms with Crippen LogP contribution < -0.4 is 27.4 Å². The molecule has 3 atom stereocenters. The highest BCUT2D eigenvalue weighted by Gasteiger charge is 2.32. The molecule has 0 heterocycles. The largest absolute Gasteiger partial charge is 0.808 e. The van der Waals surface area contributed by atoms with Crippen LogP contribution in [0.15, 0.2) is 11.4 Å². The molecule has 0 aromatic carbocycles. The second kappa shape index (κ2) is 9.39. The second-order valence-electron chi connectivity index (χ2n) is 5.80. The average molecular weight is 339 g/mol. The lowest BCUT2D eigenvalue weighted by Gasteiger charge is -2.40. The van der Waals surface area contributed by atoms with Gasteiger partial charge in [-0.2, -0.15) is 0 Å². The molecule has 9 heteroatoms. The van der Waals surface area contributed by atoms with Crippen molar-refractivity contribution in [3.63, 3.8) is 0 Å². The Labute approximate surface area is 131 Å². The maximum atomic E-state index is 11.3. The summed E-state index contributed by atoms with van der Waals surface area (Å²) in [5, 5.41) is 12.7. The second-order valence-corrected chi connectivity index (χ2v) is 7.37. The number of hydrogen-bond donors (Lipinski definition) is 4. The molecule has 0 aromatic heterocycles. The maximum absolute atomic E-state index is 11.3. The highest BCUT2D eigenvalue weighted by Crippen LogP contribution is 2.43. The summed E-state index contributed by atoms with van der Waals surface area (Å²) in [5.41, 5.74) is 0. The van der Waals surface area contributed by atoms with Crippen molar-refractivity contribution in [3.05, 3.63) is 11.4 Å². The van der Waals surface area contributed by atoms with Crippen molar-refractivity contribution in [1.29, 1.82) is 0 Å². The Kier molecular flexibility index (Phi) is 10.0. The molecule has 0 unspecified atom stereocenters. The Morgan fingerprint density at radius 1 is 1.45 bits per heavy atom. The number of carbonyl (C=O) groups is 1. The van der Waals surface area contributed by atoms with Gasteiger partial charge < -0.3 is 37.1 Å². The third-order valence-corrected chi connectivity index (χ3v) is 4.59. The Bertz CT molecular complexity index is 435. The molecule has 0 fully saturated rings. The Hall–Kier alpha value is -0.760. The van der Waals surface area contributed by atoms with Gasteiger partial charge in [-0.25, -0.2) is 0 Å². The lowest BCUT2D eigenvalue weighted by molar-refractivity contribution is -0.310. The van der Waals surface area contributed by atoms with E-state index in [1.807, 2.05) is 13.8 Å². The van der Waals surface area contributed by atoms with E-state index in [-0.39, 0.29) is 48.3 Å². The summed E-state index contributed by atoms with van der Waals surface area (Å²) in [6.07, 6.45) is 1.26. The molecule has 1 amide bonds. The molecule has 0 aliphatic heterocycles. The van der Waals surface area contributed by atoms with E-state index in [4.69, 9.17) is 0 Å². The first-order chi connectivity index (χ1) is 9.11. The summed E-state index contributed by atoms with van der Waals surface area (Å²) in [5.74, 6) is -0.123. The van der Waals surface area contributed by atoms with Crippen LogP contribution in [0.2, 0.25) is 0 Å². The standard InChI is InChI=1S/C13H24NO5P.2H3N/c1-8(2)6-12(14-9(3)15)11-5-4-10(7-13(11)16)20(17,18)19;;/h4,8,11-13,16H,5-7H2,1-3H3,(H,14,15)(H2,17,18,19);2*1H3/t11-,12+,13-;;/m1../s1. The van der Waals surface area contributed by atoms with Crippen molar-refractivity contribution in [1.82, 2.24) is 17.6 Å². The molecule has 1 rings (SSSR count). The topological polar surface area (TPSA) is 186 Å². The van der Waals surface area contributed by atoms with E-state index in [1.165, 1.54) is 13.0 Å². The van der Waals surface area contributed by atoms with Crippen LogP contribution in [-0.4, -0.2) is 23.2 Å². The van der Waals surface area contributed by atoms with Crippen LogP contribution in [-0.2, 0) is 9.36 Å². The van der Waals surface area contributed by atoms with Gasteiger partial charge in [0.1, 0.15) is 0 Å². The minimum absolute atomic E-state index is 0. The summed E-state index contributed by atoms with van der Waals surface area (Å²) < 4.78 is 11.0. The Morgan fingerprint density at radius 3 is 2.36 bits per heavy atom. The number of aliphatic hydroxyl groups is 1. The molecule has 22 heavy (non-hydrogen) atoms. The molecular weight excluding hydrogens is 309 g/mol. The Morgan fingerprint density at radius 2 is 2.00 bits per heavy atom. The average Bonchev–Trinajstić information content (AvgIpc) is 2.25. The predicted octanol–water partition coefficient (Wildman–Crippen LogP) is 0.858. The van der Waals surface area contributed by atoms with E-state index in [0.29, 0.717) is 12.3 Å². The molecule has 8 nitrogen and oxygen atoms in total. The Balaban J connectivity index is 0. The van der Waals surface area contributed by atoms with Crippen molar-refractivity contribution >= 4 is 13.5 Å². The fourth-order valence-electron chi connectivity index (χ4n) is 2.64. The fourth-order valence-corrected chi connectivity index (χ4v) is 3.38. The van der Waals surface area contributed by atoms with Crippen LogP contribution in [0.25, 0.3) is 0 Å². The van der Waals surface area contributed by atoms with Gasteiger partial charge in [-0.15, -0.1) is 0 Å². The minimum Gasteiger partial charge on any atom is -0.808 e. The molecule has 0 saturated carbocycles. The first kappa shape index (κ1) is 23.5. The molecule has 0 aromatic rings. The number of hydrogen-bond acceptors (Lipinski definition) is 5. The van der Waals surface area contributed by atoms with Gasteiger partial charge >= 0.3 is 0 Å². The molecule has 0 saturated heterocycles. The molecule has 0 radical (unpaired) electrons. The quantitative estimate of drug-likeness (QED) is 0.540. The minimum atomic E-state index is -4.78. The molecule has 1 aliphatic carbocycles. The summed E-state index contributed by atoms with van der Waals surface area (Å²) in [7, 11) is -4.78. The van der Waals surface area contributed by atoms with Crippen molar-refractivity contribution < 1.29 is 24.3 Å². The van der Waals surface area contributed by atoms with Crippen LogP contribution in [0, 0.1) is 11.8 Å². The van der Waals surface area contributed by atoms with E-state index in [0.717, 1.165) is 0 Å². The number of carbonyl (C=O) groups excluding carboxylic acids is 1.